The van der Waals surface area contributed by atoms with E-state index in [9.17, 15) is 43.9 Å². The van der Waals surface area contributed by atoms with Gasteiger partial charge in [0.1, 0.15) is 20.2 Å². The largest absolute Gasteiger partial charge is 1.00 e. The van der Waals surface area contributed by atoms with Gasteiger partial charge in [-0.2, -0.15) is 0 Å². The maximum absolute atomic E-state index is 13.3. The van der Waals surface area contributed by atoms with Gasteiger partial charge in [-0.25, -0.2) is 30.2 Å². The number of amides is 2. The first kappa shape index (κ1) is 27.6. The molecule has 4 rings (SSSR count). The van der Waals surface area contributed by atoms with E-state index < -0.39 is 73.9 Å². The predicted octanol–water partition coefficient (Wildman–Crippen LogP) is -2.05. The van der Waals surface area contributed by atoms with E-state index in [0.717, 1.165) is 6.07 Å². The number of hydrogen-bond acceptors (Lipinski definition) is 11. The number of rotatable bonds is 5. The number of benzene rings is 3. The van der Waals surface area contributed by atoms with Crippen LogP contribution in [0.5, 0.6) is 0 Å². The zero-order valence-electron chi connectivity index (χ0n) is 18.2. The summed E-state index contributed by atoms with van der Waals surface area (Å²) in [6, 6.07) is 6.53. The standard InChI is InChI=1S/C20H14N2O10S3.Li/c1-2-33(25,26)11-5-3-4-10(6-11)22-19(23)14-8-12(34(27,28)29)7-13-17(14)15(20(22)24)9-16(18(13)21)35(30,31)32;/h2-9H,1,21H2,(H,27,28,29)(H,30,31,32);/q;+1/p-2. The van der Waals surface area contributed by atoms with Gasteiger partial charge in [-0.05, 0) is 36.4 Å². The Balaban J connectivity index is 0.00000361. The van der Waals surface area contributed by atoms with Crippen LogP contribution in [-0.4, -0.2) is 46.2 Å². The second kappa shape index (κ2) is 8.82. The van der Waals surface area contributed by atoms with Crippen LogP contribution in [0.15, 0.2) is 69.1 Å². The summed E-state index contributed by atoms with van der Waals surface area (Å²) in [4.78, 5) is 24.7. The smallest absolute Gasteiger partial charge is 0.744 e. The topological polar surface area (TPSA) is 212 Å². The zero-order valence-corrected chi connectivity index (χ0v) is 20.6. The van der Waals surface area contributed by atoms with E-state index in [0.29, 0.717) is 28.5 Å². The number of nitrogen functional groups attached to an aromatic ring is 1. The second-order valence-corrected chi connectivity index (χ2v) is 11.9. The van der Waals surface area contributed by atoms with E-state index in [1.54, 1.807) is 0 Å². The van der Waals surface area contributed by atoms with E-state index in [1.165, 1.54) is 18.2 Å². The number of nitrogens with two attached hydrogens (primary N) is 1. The number of sulfone groups is 1. The monoisotopic (exact) mass is 543 g/mol. The Morgan fingerprint density at radius 3 is 1.94 bits per heavy atom. The fraction of sp³-hybridized carbons (Fsp3) is 0. The quantitative estimate of drug-likeness (QED) is 0.160. The number of carbonyl (C=O) groups excluding carboxylic acids is 2. The zero-order chi connectivity index (χ0) is 26.1. The summed E-state index contributed by atoms with van der Waals surface area (Å²) in [5.74, 6) is -2.30. The molecule has 3 aromatic rings. The van der Waals surface area contributed by atoms with Crippen molar-refractivity contribution < 1.29 is 62.8 Å². The van der Waals surface area contributed by atoms with Gasteiger partial charge in [-0.15, -0.1) is 0 Å². The van der Waals surface area contributed by atoms with Crippen LogP contribution in [0.4, 0.5) is 11.4 Å². The molecule has 0 saturated heterocycles. The summed E-state index contributed by atoms with van der Waals surface area (Å²) in [6.45, 7) is 3.19. The average molecular weight is 543 g/mol. The maximum atomic E-state index is 13.3. The first-order chi connectivity index (χ1) is 16.1. The third-order valence-corrected chi connectivity index (χ3v) is 8.30. The Kier molecular flexibility index (Phi) is 6.75. The van der Waals surface area contributed by atoms with Crippen LogP contribution in [0.1, 0.15) is 20.7 Å². The summed E-state index contributed by atoms with van der Waals surface area (Å²) in [7, 11) is -14.5. The minimum absolute atomic E-state index is 0. The molecule has 0 unspecified atom stereocenters. The molecule has 16 heteroatoms. The van der Waals surface area contributed by atoms with Crippen LogP contribution in [-0.2, 0) is 30.1 Å². The van der Waals surface area contributed by atoms with Crippen molar-refractivity contribution in [3.63, 3.8) is 0 Å². The van der Waals surface area contributed by atoms with Gasteiger partial charge in [0.15, 0.2) is 9.84 Å². The Morgan fingerprint density at radius 1 is 0.833 bits per heavy atom. The van der Waals surface area contributed by atoms with Gasteiger partial charge in [-0.3, -0.25) is 9.59 Å². The summed E-state index contributed by atoms with van der Waals surface area (Å²) in [6.07, 6.45) is 0. The first-order valence-electron chi connectivity index (χ1n) is 9.26. The molecule has 0 radical (unpaired) electrons. The fourth-order valence-corrected chi connectivity index (χ4v) is 5.60. The third-order valence-electron chi connectivity index (χ3n) is 5.26. The van der Waals surface area contributed by atoms with Crippen molar-refractivity contribution in [3.8, 4) is 0 Å². The van der Waals surface area contributed by atoms with Crippen molar-refractivity contribution in [3.05, 3.63) is 65.6 Å². The minimum atomic E-state index is -5.29. The molecular weight excluding hydrogens is 531 g/mol. The summed E-state index contributed by atoms with van der Waals surface area (Å²) >= 11 is 0. The molecule has 2 amide bonds. The fourth-order valence-electron chi connectivity index (χ4n) is 3.68. The van der Waals surface area contributed by atoms with Gasteiger partial charge in [0.2, 0.25) is 0 Å². The molecule has 182 valence electrons. The van der Waals surface area contributed by atoms with Crippen molar-refractivity contribution in [2.45, 2.75) is 14.7 Å². The molecule has 1 aliphatic heterocycles. The van der Waals surface area contributed by atoms with Gasteiger partial charge < -0.3 is 14.8 Å². The van der Waals surface area contributed by atoms with Gasteiger partial charge in [0.25, 0.3) is 11.8 Å². The molecule has 0 fully saturated rings. The van der Waals surface area contributed by atoms with E-state index in [1.807, 2.05) is 0 Å². The Morgan fingerprint density at radius 2 is 1.42 bits per heavy atom. The minimum Gasteiger partial charge on any atom is -0.744 e. The van der Waals surface area contributed by atoms with Gasteiger partial charge in [0.05, 0.1) is 37.2 Å². The van der Waals surface area contributed by atoms with Crippen LogP contribution in [0.2, 0.25) is 0 Å². The number of anilines is 2. The number of carbonyl (C=O) groups is 2. The third kappa shape index (κ3) is 4.35. The maximum Gasteiger partial charge on any atom is 1.00 e. The van der Waals surface area contributed by atoms with Crippen LogP contribution < -0.4 is 29.5 Å². The molecular formula is C20H12LiN2O10S3-. The van der Waals surface area contributed by atoms with Crippen LogP contribution in [0.25, 0.3) is 10.8 Å². The van der Waals surface area contributed by atoms with Crippen molar-refractivity contribution in [2.24, 2.45) is 0 Å². The molecule has 0 saturated carbocycles. The number of imide groups is 1. The molecule has 0 aromatic heterocycles. The van der Waals surface area contributed by atoms with Crippen molar-refractivity contribution in [2.75, 3.05) is 10.6 Å². The molecule has 2 N–H and O–H groups in total. The molecule has 1 aliphatic rings. The molecule has 0 bridgehead atoms. The number of nitrogens with zero attached hydrogens (tertiary/aromatic N) is 1. The van der Waals surface area contributed by atoms with Crippen LogP contribution in [0, 0.1) is 0 Å². The molecule has 3 aromatic carbocycles. The molecule has 36 heavy (non-hydrogen) atoms. The Bertz CT molecular complexity index is 1810. The van der Waals surface area contributed by atoms with E-state index in [2.05, 4.69) is 6.58 Å². The SMILES string of the molecule is C=CS(=O)(=O)c1cccc(N2C(=O)c3cc(S(=O)(=O)[O-])cc4c(N)c(S(=O)(=O)[O-])cc(c34)C2=O)c1.[Li+]. The van der Waals surface area contributed by atoms with E-state index >= 15 is 0 Å². The average Bonchev–Trinajstić information content (AvgIpc) is 2.77. The van der Waals surface area contributed by atoms with Crippen molar-refractivity contribution in [1.29, 1.82) is 0 Å². The van der Waals surface area contributed by atoms with Gasteiger partial charge in [-0.1, -0.05) is 12.6 Å². The predicted molar refractivity (Wildman–Crippen MR) is 119 cm³/mol. The summed E-state index contributed by atoms with van der Waals surface area (Å²) in [5, 5.41) is -0.113. The molecule has 1 heterocycles. The van der Waals surface area contributed by atoms with E-state index in [4.69, 9.17) is 5.73 Å². The second-order valence-electron chi connectivity index (χ2n) is 7.29. The normalized spacial score (nSPS) is 14.0. The van der Waals surface area contributed by atoms with Gasteiger partial charge >= 0.3 is 18.9 Å². The molecule has 12 nitrogen and oxygen atoms in total. The molecule has 0 atom stereocenters. The van der Waals surface area contributed by atoms with Crippen molar-refractivity contribution >= 4 is 64.0 Å². The summed E-state index contributed by atoms with van der Waals surface area (Å²) < 4.78 is 94.8. The summed E-state index contributed by atoms with van der Waals surface area (Å²) in [5.41, 5.74) is 3.72. The van der Waals surface area contributed by atoms with Crippen LogP contribution in [0.3, 0.4) is 0 Å². The van der Waals surface area contributed by atoms with Crippen LogP contribution >= 0.6 is 0 Å². The molecule has 0 aliphatic carbocycles. The van der Waals surface area contributed by atoms with E-state index in [-0.39, 0.29) is 34.8 Å². The molecule has 0 spiro atoms. The first-order valence-corrected chi connectivity index (χ1v) is 13.6. The number of hydrogen-bond donors (Lipinski definition) is 1. The Hall–Kier alpha value is -3.03. The van der Waals surface area contributed by atoms with Crippen molar-refractivity contribution in [1.82, 2.24) is 0 Å². The van der Waals surface area contributed by atoms with Gasteiger partial charge in [0, 0.05) is 16.2 Å². The Labute approximate surface area is 217 Å².